The fraction of sp³-hybridized carbons (Fsp3) is 0.200. The predicted octanol–water partition coefficient (Wildman–Crippen LogP) is 2.84. The fourth-order valence-electron chi connectivity index (χ4n) is 2.49. The van der Waals surface area contributed by atoms with Gasteiger partial charge in [-0.15, -0.1) is 0 Å². The molecular weight excluding hydrogens is 229 g/mol. The molecule has 2 aromatic carbocycles. The Kier molecular flexibility index (Phi) is 2.76. The van der Waals surface area contributed by atoms with E-state index in [1.54, 1.807) is 6.07 Å². The topological polar surface area (TPSA) is 23.5 Å². The molecule has 3 heteroatoms. The molecule has 0 bridgehead atoms. The minimum atomic E-state index is -0.306. The number of aliphatic hydroxyl groups excluding tert-OH is 1. The van der Waals surface area contributed by atoms with E-state index in [1.165, 1.54) is 23.3 Å². The van der Waals surface area contributed by atoms with Gasteiger partial charge < -0.3 is 10.0 Å². The van der Waals surface area contributed by atoms with Gasteiger partial charge in [0, 0.05) is 24.3 Å². The number of nitrogens with zero attached hydrogens (tertiary/aromatic N) is 1. The first-order chi connectivity index (χ1) is 8.78. The van der Waals surface area contributed by atoms with E-state index in [9.17, 15) is 9.50 Å². The lowest BCUT2D eigenvalue weighted by Gasteiger charge is -2.20. The van der Waals surface area contributed by atoms with Gasteiger partial charge in [-0.25, -0.2) is 4.39 Å². The van der Waals surface area contributed by atoms with Gasteiger partial charge in [-0.05, 0) is 29.3 Å². The molecule has 0 saturated heterocycles. The zero-order valence-electron chi connectivity index (χ0n) is 9.94. The van der Waals surface area contributed by atoms with E-state index in [2.05, 4.69) is 17.0 Å². The van der Waals surface area contributed by atoms with Crippen molar-refractivity contribution in [2.24, 2.45) is 0 Å². The number of hydrogen-bond acceptors (Lipinski definition) is 2. The highest BCUT2D eigenvalue weighted by Crippen LogP contribution is 2.30. The quantitative estimate of drug-likeness (QED) is 0.876. The molecule has 0 atom stereocenters. The second-order valence-corrected chi connectivity index (χ2v) is 4.56. The number of anilines is 1. The lowest BCUT2D eigenvalue weighted by molar-refractivity contribution is 0.281. The van der Waals surface area contributed by atoms with Gasteiger partial charge in [0.1, 0.15) is 5.82 Å². The van der Waals surface area contributed by atoms with Crippen molar-refractivity contribution in [1.29, 1.82) is 0 Å². The number of hydrogen-bond donors (Lipinski definition) is 1. The van der Waals surface area contributed by atoms with Crippen molar-refractivity contribution in [2.45, 2.75) is 19.7 Å². The second kappa shape index (κ2) is 4.42. The normalized spacial score (nSPS) is 13.8. The Balaban J connectivity index is 1.95. The summed E-state index contributed by atoms with van der Waals surface area (Å²) in [4.78, 5) is 2.16. The van der Waals surface area contributed by atoms with E-state index in [4.69, 9.17) is 0 Å². The average molecular weight is 243 g/mol. The van der Waals surface area contributed by atoms with Crippen molar-refractivity contribution in [3.05, 3.63) is 65.0 Å². The molecule has 1 N–H and O–H groups in total. The summed E-state index contributed by atoms with van der Waals surface area (Å²) in [7, 11) is 0. The van der Waals surface area contributed by atoms with Crippen LogP contribution in [0.4, 0.5) is 10.1 Å². The van der Waals surface area contributed by atoms with Crippen LogP contribution in [-0.2, 0) is 19.7 Å². The number of aliphatic hydroxyl groups is 1. The van der Waals surface area contributed by atoms with E-state index in [-0.39, 0.29) is 12.4 Å². The summed E-state index contributed by atoms with van der Waals surface area (Å²) < 4.78 is 13.2. The van der Waals surface area contributed by atoms with Gasteiger partial charge in [-0.2, -0.15) is 0 Å². The zero-order valence-corrected chi connectivity index (χ0v) is 9.94. The lowest BCUT2D eigenvalue weighted by atomic mass is 10.1. The van der Waals surface area contributed by atoms with Crippen molar-refractivity contribution in [3.8, 4) is 0 Å². The summed E-state index contributed by atoms with van der Waals surface area (Å²) in [6, 6.07) is 12.9. The van der Waals surface area contributed by atoms with Crippen LogP contribution in [0.15, 0.2) is 42.5 Å². The summed E-state index contributed by atoms with van der Waals surface area (Å²) in [5.41, 5.74) is 4.15. The molecule has 18 heavy (non-hydrogen) atoms. The van der Waals surface area contributed by atoms with Crippen LogP contribution >= 0.6 is 0 Å². The van der Waals surface area contributed by atoms with Crippen LogP contribution in [0.5, 0.6) is 0 Å². The second-order valence-electron chi connectivity index (χ2n) is 4.56. The minimum absolute atomic E-state index is 0.139. The van der Waals surface area contributed by atoms with E-state index in [0.29, 0.717) is 5.56 Å². The maximum atomic E-state index is 13.2. The number of halogens is 1. The van der Waals surface area contributed by atoms with Crippen LogP contribution in [0.1, 0.15) is 16.7 Å². The molecular formula is C15H14FNO. The summed E-state index contributed by atoms with van der Waals surface area (Å²) >= 11 is 0. The molecule has 1 heterocycles. The Morgan fingerprint density at radius 2 is 1.72 bits per heavy atom. The van der Waals surface area contributed by atoms with Gasteiger partial charge in [0.2, 0.25) is 0 Å². The van der Waals surface area contributed by atoms with E-state index in [1.807, 2.05) is 12.1 Å². The zero-order chi connectivity index (χ0) is 12.5. The molecule has 2 nitrogen and oxygen atoms in total. The highest BCUT2D eigenvalue weighted by molar-refractivity contribution is 5.57. The van der Waals surface area contributed by atoms with Gasteiger partial charge in [-0.1, -0.05) is 24.3 Å². The largest absolute Gasteiger partial charge is 0.392 e. The highest BCUT2D eigenvalue weighted by Gasteiger charge is 2.20. The van der Waals surface area contributed by atoms with Gasteiger partial charge >= 0.3 is 0 Å². The van der Waals surface area contributed by atoms with Crippen molar-refractivity contribution < 1.29 is 9.50 Å². The fourth-order valence-corrected chi connectivity index (χ4v) is 2.49. The summed E-state index contributed by atoms with van der Waals surface area (Å²) in [6.45, 7) is 1.49. The Morgan fingerprint density at radius 3 is 2.33 bits per heavy atom. The number of benzene rings is 2. The van der Waals surface area contributed by atoms with Gasteiger partial charge in [0.25, 0.3) is 0 Å². The van der Waals surface area contributed by atoms with Crippen LogP contribution < -0.4 is 4.90 Å². The van der Waals surface area contributed by atoms with Crippen LogP contribution in [0.2, 0.25) is 0 Å². The molecule has 3 rings (SSSR count). The van der Waals surface area contributed by atoms with Crippen LogP contribution in [0.25, 0.3) is 0 Å². The first-order valence-corrected chi connectivity index (χ1v) is 5.99. The van der Waals surface area contributed by atoms with Crippen LogP contribution in [0, 0.1) is 5.82 Å². The van der Waals surface area contributed by atoms with Crippen LogP contribution in [0.3, 0.4) is 0 Å². The Morgan fingerprint density at radius 1 is 1.06 bits per heavy atom. The minimum Gasteiger partial charge on any atom is -0.392 e. The average Bonchev–Trinajstić information content (AvgIpc) is 2.82. The van der Waals surface area contributed by atoms with E-state index < -0.39 is 0 Å². The SMILES string of the molecule is OCc1cc(F)ccc1N1Cc2ccccc2C1. The third kappa shape index (κ3) is 1.87. The van der Waals surface area contributed by atoms with Gasteiger partial charge in [0.15, 0.2) is 0 Å². The molecule has 0 spiro atoms. The van der Waals surface area contributed by atoms with Crippen molar-refractivity contribution in [2.75, 3.05) is 4.90 Å². The summed E-state index contributed by atoms with van der Waals surface area (Å²) in [6.07, 6.45) is 0. The third-order valence-corrected chi connectivity index (χ3v) is 3.39. The first-order valence-electron chi connectivity index (χ1n) is 5.99. The Bertz CT molecular complexity index is 557. The molecule has 0 aliphatic carbocycles. The summed E-state index contributed by atoms with van der Waals surface area (Å²) in [5.74, 6) is -0.306. The molecule has 1 aliphatic heterocycles. The van der Waals surface area contributed by atoms with Crippen molar-refractivity contribution in [1.82, 2.24) is 0 Å². The molecule has 0 amide bonds. The predicted molar refractivity (Wildman–Crippen MR) is 68.7 cm³/mol. The van der Waals surface area contributed by atoms with E-state index >= 15 is 0 Å². The monoisotopic (exact) mass is 243 g/mol. The first kappa shape index (κ1) is 11.2. The summed E-state index contributed by atoms with van der Waals surface area (Å²) in [5, 5.41) is 9.33. The maximum Gasteiger partial charge on any atom is 0.123 e. The Labute approximate surface area is 105 Å². The van der Waals surface area contributed by atoms with Crippen molar-refractivity contribution in [3.63, 3.8) is 0 Å². The molecule has 0 unspecified atom stereocenters. The Hall–Kier alpha value is -1.87. The highest BCUT2D eigenvalue weighted by atomic mass is 19.1. The smallest absolute Gasteiger partial charge is 0.123 e. The third-order valence-electron chi connectivity index (χ3n) is 3.39. The molecule has 92 valence electrons. The molecule has 1 aliphatic rings. The molecule has 0 radical (unpaired) electrons. The van der Waals surface area contributed by atoms with E-state index in [0.717, 1.165) is 18.8 Å². The molecule has 0 fully saturated rings. The maximum absolute atomic E-state index is 13.2. The number of rotatable bonds is 2. The number of fused-ring (bicyclic) bond motifs is 1. The van der Waals surface area contributed by atoms with Crippen molar-refractivity contribution >= 4 is 5.69 Å². The van der Waals surface area contributed by atoms with Crippen LogP contribution in [-0.4, -0.2) is 5.11 Å². The standard InChI is InChI=1S/C15H14FNO/c16-14-5-6-15(13(7-14)10-18)17-8-11-3-1-2-4-12(11)9-17/h1-7,18H,8-10H2. The molecule has 2 aromatic rings. The lowest BCUT2D eigenvalue weighted by Crippen LogP contribution is -2.16. The van der Waals surface area contributed by atoms with Gasteiger partial charge in [-0.3, -0.25) is 0 Å². The molecule has 0 saturated carbocycles. The van der Waals surface area contributed by atoms with Gasteiger partial charge in [0.05, 0.1) is 6.61 Å². The molecule has 0 aromatic heterocycles.